The number of rotatable bonds is 2. The summed E-state index contributed by atoms with van der Waals surface area (Å²) >= 11 is 3.29. The molecular formula is C10H9BrN2O3. The van der Waals surface area contributed by atoms with Crippen molar-refractivity contribution in [3.8, 4) is 11.6 Å². The van der Waals surface area contributed by atoms with Gasteiger partial charge in [-0.2, -0.15) is 0 Å². The average molecular weight is 285 g/mol. The van der Waals surface area contributed by atoms with Gasteiger partial charge in [-0.1, -0.05) is 15.9 Å². The van der Waals surface area contributed by atoms with Crippen molar-refractivity contribution < 1.29 is 10.2 Å². The summed E-state index contributed by atoms with van der Waals surface area (Å²) in [5.74, 6) is -0.269. The maximum atomic E-state index is 11.3. The van der Waals surface area contributed by atoms with Gasteiger partial charge in [-0.25, -0.2) is 4.68 Å². The molecule has 0 atom stereocenters. The number of hydrogen-bond donors (Lipinski definition) is 3. The van der Waals surface area contributed by atoms with Crippen molar-refractivity contribution in [2.75, 3.05) is 0 Å². The lowest BCUT2D eigenvalue weighted by Gasteiger charge is -2.04. The highest BCUT2D eigenvalue weighted by atomic mass is 79.9. The van der Waals surface area contributed by atoms with Crippen LogP contribution in [0.2, 0.25) is 0 Å². The molecule has 0 unspecified atom stereocenters. The van der Waals surface area contributed by atoms with Crippen molar-refractivity contribution in [1.29, 1.82) is 0 Å². The number of halogens is 1. The summed E-state index contributed by atoms with van der Waals surface area (Å²) in [5.41, 5.74) is 0.0725. The van der Waals surface area contributed by atoms with Crippen LogP contribution in [-0.2, 0) is 6.61 Å². The number of aromatic amines is 1. The van der Waals surface area contributed by atoms with E-state index in [0.717, 1.165) is 4.47 Å². The second kappa shape index (κ2) is 4.15. The summed E-state index contributed by atoms with van der Waals surface area (Å²) < 4.78 is 2.12. The molecule has 84 valence electrons. The molecule has 0 aliphatic carbocycles. The number of nitrogens with zero attached hydrogens (tertiary/aromatic N) is 1. The molecule has 1 aromatic carbocycles. The van der Waals surface area contributed by atoms with Crippen molar-refractivity contribution in [3.63, 3.8) is 0 Å². The fourth-order valence-corrected chi connectivity index (χ4v) is 1.64. The van der Waals surface area contributed by atoms with E-state index in [4.69, 9.17) is 5.11 Å². The predicted octanol–water partition coefficient (Wildman–Crippen LogP) is 1.13. The van der Waals surface area contributed by atoms with Gasteiger partial charge in [-0.05, 0) is 24.3 Å². The average Bonchev–Trinajstić information content (AvgIpc) is 2.55. The number of benzene rings is 1. The van der Waals surface area contributed by atoms with Crippen LogP contribution in [0.25, 0.3) is 5.69 Å². The third-order valence-electron chi connectivity index (χ3n) is 2.21. The summed E-state index contributed by atoms with van der Waals surface area (Å²) in [6.07, 6.45) is 0. The standard InChI is InChI=1S/C10H9BrN2O3/c11-6-1-3-7(4-2-6)13-10(16)8(5-14)9(15)12-13/h1-4,14,16H,5H2,(H,12,15). The first-order valence-electron chi connectivity index (χ1n) is 4.53. The molecule has 2 rings (SSSR count). The van der Waals surface area contributed by atoms with Gasteiger partial charge in [-0.15, -0.1) is 0 Å². The third kappa shape index (κ3) is 1.77. The Labute approximate surface area is 99.1 Å². The third-order valence-corrected chi connectivity index (χ3v) is 2.74. The Morgan fingerprint density at radius 2 is 1.94 bits per heavy atom. The lowest BCUT2D eigenvalue weighted by Crippen LogP contribution is -2.06. The molecule has 0 saturated heterocycles. The summed E-state index contributed by atoms with van der Waals surface area (Å²) in [6, 6.07) is 7.01. The maximum Gasteiger partial charge on any atom is 0.273 e. The van der Waals surface area contributed by atoms with E-state index >= 15 is 0 Å². The van der Waals surface area contributed by atoms with Gasteiger partial charge in [0.15, 0.2) is 0 Å². The highest BCUT2D eigenvalue weighted by Gasteiger charge is 2.13. The van der Waals surface area contributed by atoms with E-state index in [9.17, 15) is 9.90 Å². The van der Waals surface area contributed by atoms with E-state index in [2.05, 4.69) is 21.0 Å². The SMILES string of the molecule is O=c1[nH]n(-c2ccc(Br)cc2)c(O)c1CO. The molecule has 3 N–H and O–H groups in total. The number of H-pyrrole nitrogens is 1. The van der Waals surface area contributed by atoms with Crippen molar-refractivity contribution in [2.24, 2.45) is 0 Å². The number of aromatic hydroxyl groups is 1. The fraction of sp³-hybridized carbons (Fsp3) is 0.100. The maximum absolute atomic E-state index is 11.3. The zero-order chi connectivity index (χ0) is 11.7. The van der Waals surface area contributed by atoms with E-state index in [0.29, 0.717) is 5.69 Å². The Balaban J connectivity index is 2.56. The molecule has 1 heterocycles. The minimum Gasteiger partial charge on any atom is -0.493 e. The lowest BCUT2D eigenvalue weighted by atomic mass is 10.3. The molecule has 0 radical (unpaired) electrons. The summed E-state index contributed by atoms with van der Waals surface area (Å²) in [4.78, 5) is 11.3. The topological polar surface area (TPSA) is 78.2 Å². The summed E-state index contributed by atoms with van der Waals surface area (Å²) in [5, 5.41) is 21.0. The number of hydrogen-bond acceptors (Lipinski definition) is 3. The van der Waals surface area contributed by atoms with Crippen LogP contribution in [0, 0.1) is 0 Å². The molecule has 0 amide bonds. The molecular weight excluding hydrogens is 276 g/mol. The molecule has 1 aromatic heterocycles. The molecule has 0 fully saturated rings. The van der Waals surface area contributed by atoms with Crippen molar-refractivity contribution in [2.45, 2.75) is 6.61 Å². The van der Waals surface area contributed by atoms with Crippen LogP contribution < -0.4 is 5.56 Å². The fourth-order valence-electron chi connectivity index (χ4n) is 1.38. The molecule has 6 heteroatoms. The van der Waals surface area contributed by atoms with Crippen molar-refractivity contribution in [3.05, 3.63) is 44.7 Å². The number of nitrogens with one attached hydrogen (secondary N) is 1. The molecule has 0 spiro atoms. The van der Waals surface area contributed by atoms with Crippen LogP contribution in [-0.4, -0.2) is 20.0 Å². The van der Waals surface area contributed by atoms with Crippen LogP contribution in [0.3, 0.4) is 0 Å². The second-order valence-corrected chi connectivity index (χ2v) is 4.13. The second-order valence-electron chi connectivity index (χ2n) is 3.21. The largest absolute Gasteiger partial charge is 0.493 e. The Morgan fingerprint density at radius 3 is 2.44 bits per heavy atom. The first kappa shape index (κ1) is 11.0. The van der Waals surface area contributed by atoms with Gasteiger partial charge in [0.25, 0.3) is 5.56 Å². The van der Waals surface area contributed by atoms with Gasteiger partial charge in [0.05, 0.1) is 12.3 Å². The van der Waals surface area contributed by atoms with Crippen LogP contribution in [0.4, 0.5) is 0 Å². The van der Waals surface area contributed by atoms with Gasteiger partial charge in [0, 0.05) is 4.47 Å². The Morgan fingerprint density at radius 1 is 1.31 bits per heavy atom. The minimum absolute atomic E-state index is 0.0390. The quantitative estimate of drug-likeness (QED) is 0.774. The zero-order valence-corrected chi connectivity index (χ0v) is 9.73. The van der Waals surface area contributed by atoms with E-state index in [-0.39, 0.29) is 11.4 Å². The van der Waals surface area contributed by atoms with Gasteiger partial charge in [0.2, 0.25) is 5.88 Å². The van der Waals surface area contributed by atoms with E-state index < -0.39 is 12.2 Å². The minimum atomic E-state index is -0.497. The molecule has 0 bridgehead atoms. The molecule has 0 saturated carbocycles. The number of aromatic nitrogens is 2. The molecule has 0 aliphatic rings. The van der Waals surface area contributed by atoms with Crippen molar-refractivity contribution >= 4 is 15.9 Å². The Kier molecular flexibility index (Phi) is 2.84. The molecule has 5 nitrogen and oxygen atoms in total. The normalized spacial score (nSPS) is 10.6. The first-order chi connectivity index (χ1) is 7.63. The molecule has 2 aromatic rings. The Bertz CT molecular complexity index is 556. The van der Waals surface area contributed by atoms with Gasteiger partial charge in [0.1, 0.15) is 5.56 Å². The van der Waals surface area contributed by atoms with E-state index in [1.54, 1.807) is 24.3 Å². The molecule has 16 heavy (non-hydrogen) atoms. The highest BCUT2D eigenvalue weighted by molar-refractivity contribution is 9.10. The van der Waals surface area contributed by atoms with E-state index in [1.807, 2.05) is 0 Å². The van der Waals surface area contributed by atoms with Crippen molar-refractivity contribution in [1.82, 2.24) is 9.78 Å². The summed E-state index contributed by atoms with van der Waals surface area (Å²) in [7, 11) is 0. The Hall–Kier alpha value is -1.53. The highest BCUT2D eigenvalue weighted by Crippen LogP contribution is 2.19. The van der Waals surface area contributed by atoms with Gasteiger partial charge >= 0.3 is 0 Å². The van der Waals surface area contributed by atoms with Crippen LogP contribution >= 0.6 is 15.9 Å². The van der Waals surface area contributed by atoms with Crippen LogP contribution in [0.1, 0.15) is 5.56 Å². The van der Waals surface area contributed by atoms with Crippen LogP contribution in [0.15, 0.2) is 33.5 Å². The van der Waals surface area contributed by atoms with Gasteiger partial charge in [-0.3, -0.25) is 9.89 Å². The first-order valence-corrected chi connectivity index (χ1v) is 5.32. The zero-order valence-electron chi connectivity index (χ0n) is 8.14. The monoisotopic (exact) mass is 284 g/mol. The van der Waals surface area contributed by atoms with E-state index in [1.165, 1.54) is 4.68 Å². The number of aliphatic hydroxyl groups excluding tert-OH is 1. The van der Waals surface area contributed by atoms with Crippen LogP contribution in [0.5, 0.6) is 5.88 Å². The summed E-state index contributed by atoms with van der Waals surface area (Å²) in [6.45, 7) is -0.495. The molecule has 0 aliphatic heterocycles. The predicted molar refractivity (Wildman–Crippen MR) is 61.7 cm³/mol. The van der Waals surface area contributed by atoms with Gasteiger partial charge < -0.3 is 10.2 Å². The smallest absolute Gasteiger partial charge is 0.273 e. The number of aliphatic hydroxyl groups is 1. The lowest BCUT2D eigenvalue weighted by molar-refractivity contribution is 0.273.